The fourth-order valence-electron chi connectivity index (χ4n) is 3.21. The predicted molar refractivity (Wildman–Crippen MR) is 120 cm³/mol. The number of hydrogen-bond donors (Lipinski definition) is 3. The highest BCUT2D eigenvalue weighted by atomic mass is 16.6. The number of carbonyl (C=O) groups excluding carboxylic acids is 1. The van der Waals surface area contributed by atoms with E-state index in [9.17, 15) is 20.0 Å². The lowest BCUT2D eigenvalue weighted by Crippen LogP contribution is -2.55. The van der Waals surface area contributed by atoms with Crippen LogP contribution in [0.2, 0.25) is 0 Å². The number of benzene rings is 2. The van der Waals surface area contributed by atoms with Crippen LogP contribution in [-0.4, -0.2) is 33.7 Å². The molecule has 0 aromatic heterocycles. The maximum absolute atomic E-state index is 12.9. The van der Waals surface area contributed by atoms with E-state index in [4.69, 9.17) is 10.5 Å². The molecule has 0 aliphatic carbocycles. The molecule has 0 aliphatic rings. The molecule has 2 unspecified atom stereocenters. The summed E-state index contributed by atoms with van der Waals surface area (Å²) >= 11 is 0. The lowest BCUT2D eigenvalue weighted by molar-refractivity contribution is -0.384. The van der Waals surface area contributed by atoms with E-state index in [1.54, 1.807) is 63.2 Å². The Bertz CT molecular complexity index is 911. The molecule has 0 fully saturated rings. The highest BCUT2D eigenvalue weighted by Gasteiger charge is 2.44. The van der Waals surface area contributed by atoms with E-state index in [0.717, 1.165) is 5.56 Å². The van der Waals surface area contributed by atoms with E-state index in [1.807, 2.05) is 6.92 Å². The number of rotatable bonds is 9. The van der Waals surface area contributed by atoms with Gasteiger partial charge in [0.2, 0.25) is 0 Å². The van der Waals surface area contributed by atoms with Crippen molar-refractivity contribution in [2.45, 2.75) is 57.8 Å². The average Bonchev–Trinajstić information content (AvgIpc) is 2.69. The summed E-state index contributed by atoms with van der Waals surface area (Å²) in [6.45, 7) is 7.38. The van der Waals surface area contributed by atoms with Crippen LogP contribution in [0.25, 0.3) is 0 Å². The third-order valence-electron chi connectivity index (χ3n) is 4.81. The summed E-state index contributed by atoms with van der Waals surface area (Å²) in [4.78, 5) is 23.7. The molecule has 0 saturated carbocycles. The summed E-state index contributed by atoms with van der Waals surface area (Å²) in [5.74, 6) is -0.696. The van der Waals surface area contributed by atoms with E-state index < -0.39 is 28.1 Å². The van der Waals surface area contributed by atoms with Crippen molar-refractivity contribution in [1.29, 1.82) is 0 Å². The van der Waals surface area contributed by atoms with Crippen molar-refractivity contribution in [2.75, 3.05) is 11.9 Å². The summed E-state index contributed by atoms with van der Waals surface area (Å²) in [6.07, 6.45) is -0.771. The molecular weight excluding hydrogens is 398 g/mol. The van der Waals surface area contributed by atoms with Crippen molar-refractivity contribution in [3.05, 3.63) is 69.8 Å². The van der Waals surface area contributed by atoms with Crippen molar-refractivity contribution in [2.24, 2.45) is 5.73 Å². The average molecular weight is 430 g/mol. The largest absolute Gasteiger partial charge is 0.459 e. The number of aliphatic hydroxyl groups excluding tert-OH is 1. The quantitative estimate of drug-likeness (QED) is 0.239. The highest BCUT2D eigenvalue weighted by Crippen LogP contribution is 2.31. The van der Waals surface area contributed by atoms with Crippen LogP contribution < -0.4 is 11.1 Å². The number of esters is 1. The third-order valence-corrected chi connectivity index (χ3v) is 4.81. The second-order valence-corrected chi connectivity index (χ2v) is 8.66. The second-order valence-electron chi connectivity index (χ2n) is 8.66. The van der Waals surface area contributed by atoms with Gasteiger partial charge in [-0.3, -0.25) is 10.1 Å². The van der Waals surface area contributed by atoms with Gasteiger partial charge in [-0.1, -0.05) is 36.4 Å². The fraction of sp³-hybridized carbons (Fsp3) is 0.435. The molecule has 0 radical (unpaired) electrons. The number of nitro benzene ring substituents is 1. The van der Waals surface area contributed by atoms with Gasteiger partial charge in [0, 0.05) is 12.6 Å². The van der Waals surface area contributed by atoms with Crippen LogP contribution in [0.3, 0.4) is 0 Å². The lowest BCUT2D eigenvalue weighted by Gasteiger charge is -2.35. The van der Waals surface area contributed by atoms with Crippen molar-refractivity contribution < 1.29 is 19.6 Å². The van der Waals surface area contributed by atoms with Crippen LogP contribution in [0.4, 0.5) is 11.4 Å². The van der Waals surface area contributed by atoms with Gasteiger partial charge < -0.3 is 20.9 Å². The minimum absolute atomic E-state index is 0.0268. The molecule has 2 aromatic rings. The number of ether oxygens (including phenoxy) is 1. The minimum Gasteiger partial charge on any atom is -0.459 e. The van der Waals surface area contributed by atoms with Gasteiger partial charge >= 0.3 is 5.97 Å². The van der Waals surface area contributed by atoms with Crippen molar-refractivity contribution in [3.8, 4) is 0 Å². The first-order valence-corrected chi connectivity index (χ1v) is 10.2. The smallest absolute Gasteiger partial charge is 0.329 e. The van der Waals surface area contributed by atoms with Gasteiger partial charge in [-0.15, -0.1) is 0 Å². The van der Waals surface area contributed by atoms with E-state index in [1.165, 1.54) is 6.07 Å². The monoisotopic (exact) mass is 429 g/mol. The maximum Gasteiger partial charge on any atom is 0.329 e. The van der Waals surface area contributed by atoms with E-state index >= 15 is 0 Å². The van der Waals surface area contributed by atoms with Crippen LogP contribution in [0.15, 0.2) is 48.5 Å². The summed E-state index contributed by atoms with van der Waals surface area (Å²) < 4.78 is 5.49. The van der Waals surface area contributed by atoms with Gasteiger partial charge in [0.15, 0.2) is 0 Å². The first kappa shape index (κ1) is 24.3. The normalized spacial score (nSPS) is 14.4. The van der Waals surface area contributed by atoms with Gasteiger partial charge in [-0.2, -0.15) is 0 Å². The van der Waals surface area contributed by atoms with Gasteiger partial charge in [0.05, 0.1) is 4.92 Å². The second kappa shape index (κ2) is 9.89. The van der Waals surface area contributed by atoms with Crippen LogP contribution in [0, 0.1) is 17.0 Å². The van der Waals surface area contributed by atoms with Crippen molar-refractivity contribution >= 4 is 17.3 Å². The Balaban J connectivity index is 2.16. The molecule has 2 atom stereocenters. The number of nitrogens with two attached hydrogens (primary N) is 1. The number of aliphatic hydroxyl groups is 1. The molecule has 0 saturated heterocycles. The van der Waals surface area contributed by atoms with Gasteiger partial charge in [0.1, 0.15) is 22.9 Å². The molecule has 8 nitrogen and oxygen atoms in total. The molecule has 2 rings (SSSR count). The number of nitro groups is 1. The highest BCUT2D eigenvalue weighted by molar-refractivity contribution is 5.82. The Labute approximate surface area is 182 Å². The molecular formula is C23H31N3O5. The third kappa shape index (κ3) is 6.50. The summed E-state index contributed by atoms with van der Waals surface area (Å²) in [7, 11) is 0. The maximum atomic E-state index is 12.9. The zero-order chi connectivity index (χ0) is 23.2. The number of carbonyl (C=O) groups is 1. The Hall–Kier alpha value is -2.97. The first-order chi connectivity index (χ1) is 14.4. The van der Waals surface area contributed by atoms with Crippen molar-refractivity contribution in [3.63, 3.8) is 0 Å². The number of nitrogens with zero attached hydrogens (tertiary/aromatic N) is 1. The van der Waals surface area contributed by atoms with E-state index in [2.05, 4.69) is 5.32 Å². The molecule has 0 spiro atoms. The molecule has 4 N–H and O–H groups in total. The SMILES string of the molecule is Cc1ccc([N+](=O)[O-])c(NCCCC(N)(C(=O)OC(C)(C)C)C(O)c2ccccc2)c1. The zero-order valence-corrected chi connectivity index (χ0v) is 18.4. The summed E-state index contributed by atoms with van der Waals surface area (Å²) in [5, 5.41) is 25.2. The first-order valence-electron chi connectivity index (χ1n) is 10.2. The van der Waals surface area contributed by atoms with Crippen molar-refractivity contribution in [1.82, 2.24) is 0 Å². The molecule has 0 heterocycles. The molecule has 8 heteroatoms. The predicted octanol–water partition coefficient (Wildman–Crippen LogP) is 3.87. The molecule has 0 bridgehead atoms. The number of nitrogens with one attached hydrogen (secondary N) is 1. The van der Waals surface area contributed by atoms with Crippen LogP contribution >= 0.6 is 0 Å². The van der Waals surface area contributed by atoms with Crippen LogP contribution in [0.5, 0.6) is 0 Å². The number of anilines is 1. The van der Waals surface area contributed by atoms with Crippen LogP contribution in [-0.2, 0) is 9.53 Å². The van der Waals surface area contributed by atoms with E-state index in [-0.39, 0.29) is 12.1 Å². The molecule has 168 valence electrons. The van der Waals surface area contributed by atoms with Gasteiger partial charge in [0.25, 0.3) is 5.69 Å². The van der Waals surface area contributed by atoms with Gasteiger partial charge in [-0.25, -0.2) is 4.79 Å². The Morgan fingerprint density at radius 2 is 1.87 bits per heavy atom. The number of hydrogen-bond acceptors (Lipinski definition) is 7. The molecule has 2 aromatic carbocycles. The topological polar surface area (TPSA) is 128 Å². The lowest BCUT2D eigenvalue weighted by atomic mass is 9.84. The number of aryl methyl sites for hydroxylation is 1. The summed E-state index contributed by atoms with van der Waals surface area (Å²) in [5.41, 5.74) is 5.77. The van der Waals surface area contributed by atoms with Gasteiger partial charge in [-0.05, 0) is 57.7 Å². The Kier molecular flexibility index (Phi) is 7.75. The Morgan fingerprint density at radius 1 is 1.23 bits per heavy atom. The molecule has 0 aliphatic heterocycles. The van der Waals surface area contributed by atoms with E-state index in [0.29, 0.717) is 24.2 Å². The fourth-order valence-corrected chi connectivity index (χ4v) is 3.21. The standard InChI is InChI=1S/C23H31N3O5/c1-16-11-12-19(26(29)30)18(15-16)25-14-8-13-23(24,21(28)31-22(2,3)4)20(27)17-9-6-5-7-10-17/h5-7,9-12,15,20,25,27H,8,13-14,24H2,1-4H3. The Morgan fingerprint density at radius 3 is 2.45 bits per heavy atom. The minimum atomic E-state index is -1.67. The zero-order valence-electron chi connectivity index (χ0n) is 18.4. The van der Waals surface area contributed by atoms with Crippen LogP contribution in [0.1, 0.15) is 50.8 Å². The summed E-state index contributed by atoms with van der Waals surface area (Å²) in [6, 6.07) is 13.5. The molecule has 31 heavy (non-hydrogen) atoms. The molecule has 0 amide bonds.